The lowest BCUT2D eigenvalue weighted by Crippen LogP contribution is -2.01. The second kappa shape index (κ2) is 9.43. The Bertz CT molecular complexity index is 1360. The first-order chi connectivity index (χ1) is 15.1. The summed E-state index contributed by atoms with van der Waals surface area (Å²) >= 11 is 0. The third kappa shape index (κ3) is 4.51. The third-order valence-electron chi connectivity index (χ3n) is 4.51. The van der Waals surface area contributed by atoms with Gasteiger partial charge in [0.1, 0.15) is 35.1 Å². The Morgan fingerprint density at radius 3 is 2.26 bits per heavy atom. The molecule has 0 heterocycles. The normalized spacial score (nSPS) is 12.5. The van der Waals surface area contributed by atoms with Crippen LogP contribution in [0.1, 0.15) is 17.5 Å². The second-order valence-corrected chi connectivity index (χ2v) is 6.48. The molecular formula is C26H14N4O. The number of benzene rings is 1. The molecule has 0 aromatic heterocycles. The van der Waals surface area contributed by atoms with Crippen LogP contribution in [0, 0.1) is 51.2 Å². The average Bonchev–Trinajstić information content (AvgIpc) is 3.49. The van der Waals surface area contributed by atoms with E-state index in [1.165, 1.54) is 12.1 Å². The highest BCUT2D eigenvalue weighted by molar-refractivity contribution is 5.96. The number of nitrogens with one attached hydrogen (secondary N) is 1. The summed E-state index contributed by atoms with van der Waals surface area (Å²) in [6.07, 6.45) is 13.4. The number of hydrogen-bond donors (Lipinski definition) is 2. The van der Waals surface area contributed by atoms with Crippen molar-refractivity contribution in [2.24, 2.45) is 0 Å². The molecule has 3 rings (SSSR count). The molecular weight excluding hydrogens is 384 g/mol. The highest BCUT2D eigenvalue weighted by Gasteiger charge is 2.22. The van der Waals surface area contributed by atoms with E-state index in [2.05, 4.69) is 17.7 Å². The predicted octanol–water partition coefficient (Wildman–Crippen LogP) is 4.55. The molecule has 2 aliphatic carbocycles. The lowest BCUT2D eigenvalue weighted by molar-refractivity contribution is 0.475. The number of phenolic OH excluding ortho intramolecular Hbond substituents is 1. The summed E-state index contributed by atoms with van der Waals surface area (Å²) in [6.45, 7) is 0. The molecule has 0 unspecified atom stereocenters. The Hall–Kier alpha value is -5.06. The molecule has 5 heteroatoms. The molecule has 0 saturated heterocycles. The molecule has 0 atom stereocenters. The van der Waals surface area contributed by atoms with Crippen LogP contribution < -0.4 is 0 Å². The average molecular weight is 398 g/mol. The van der Waals surface area contributed by atoms with Crippen molar-refractivity contribution >= 4 is 11.4 Å². The first-order valence-electron chi connectivity index (χ1n) is 9.17. The third-order valence-corrected chi connectivity index (χ3v) is 4.51. The van der Waals surface area contributed by atoms with Crippen molar-refractivity contribution < 1.29 is 5.11 Å². The minimum atomic E-state index is -0.258. The van der Waals surface area contributed by atoms with Gasteiger partial charge in [-0.2, -0.15) is 15.8 Å². The molecule has 0 spiro atoms. The quantitative estimate of drug-likeness (QED) is 0.441. The molecule has 0 saturated carbocycles. The van der Waals surface area contributed by atoms with Crippen molar-refractivity contribution in [3.05, 3.63) is 99.7 Å². The molecule has 1 aromatic rings. The van der Waals surface area contributed by atoms with Crippen LogP contribution in [0.3, 0.4) is 0 Å². The zero-order valence-electron chi connectivity index (χ0n) is 16.3. The van der Waals surface area contributed by atoms with Gasteiger partial charge in [0.05, 0.1) is 0 Å². The minimum absolute atomic E-state index is 0.104. The summed E-state index contributed by atoms with van der Waals surface area (Å²) in [7, 11) is 0. The Morgan fingerprint density at radius 1 is 0.935 bits per heavy atom. The highest BCUT2D eigenvalue weighted by Crippen LogP contribution is 2.36. The van der Waals surface area contributed by atoms with Crippen LogP contribution >= 0.6 is 0 Å². The standard InChI is InChI=1S/C26H14N4O/c27-14-22(15-28)25(20-7-3-4-8-20)26(23(16-29)17-30)21-11-19(12-24(31)13-21)10-9-18-5-1-2-6-18/h1-5,7-8,11-13,27,31H,6H2. The zero-order chi connectivity index (χ0) is 22.2. The van der Waals surface area contributed by atoms with Crippen LogP contribution in [0.15, 0.2) is 88.6 Å². The van der Waals surface area contributed by atoms with Gasteiger partial charge in [-0.1, -0.05) is 54.4 Å². The van der Waals surface area contributed by atoms with Crippen molar-refractivity contribution in [3.8, 4) is 35.8 Å². The summed E-state index contributed by atoms with van der Waals surface area (Å²) < 4.78 is 0. The topological polar surface area (TPSA) is 115 Å². The largest absolute Gasteiger partial charge is 0.508 e. The van der Waals surface area contributed by atoms with Gasteiger partial charge in [-0.05, 0) is 41.6 Å². The molecule has 0 fully saturated rings. The maximum atomic E-state index is 10.3. The fourth-order valence-electron chi connectivity index (χ4n) is 3.17. The summed E-state index contributed by atoms with van der Waals surface area (Å²) in [6, 6.07) is 10.2. The van der Waals surface area contributed by atoms with Crippen LogP contribution in [0.4, 0.5) is 0 Å². The minimum Gasteiger partial charge on any atom is -0.508 e. The lowest BCUT2D eigenvalue weighted by Gasteiger charge is -2.14. The van der Waals surface area contributed by atoms with Crippen LogP contribution in [0.25, 0.3) is 5.57 Å². The van der Waals surface area contributed by atoms with Gasteiger partial charge in [0.15, 0.2) is 0 Å². The Kier molecular flexibility index (Phi) is 6.28. The van der Waals surface area contributed by atoms with Crippen LogP contribution in [0.5, 0.6) is 5.75 Å². The number of aromatic hydroxyl groups is 1. The van der Waals surface area contributed by atoms with Crippen LogP contribution in [-0.2, 0) is 0 Å². The Balaban J connectivity index is 2.29. The van der Waals surface area contributed by atoms with Gasteiger partial charge in [-0.25, -0.2) is 0 Å². The summed E-state index contributed by atoms with van der Waals surface area (Å²) in [5, 5.41) is 46.6. The van der Waals surface area contributed by atoms with Gasteiger partial charge >= 0.3 is 0 Å². The smallest absolute Gasteiger partial charge is 0.138 e. The number of rotatable bonds is 3. The summed E-state index contributed by atoms with van der Waals surface area (Å²) in [5.74, 6) is 8.01. The highest BCUT2D eigenvalue weighted by atomic mass is 16.3. The van der Waals surface area contributed by atoms with Gasteiger partial charge in [0.2, 0.25) is 0 Å². The van der Waals surface area contributed by atoms with Crippen LogP contribution in [0.2, 0.25) is 0 Å². The van der Waals surface area contributed by atoms with E-state index < -0.39 is 0 Å². The zero-order valence-corrected chi connectivity index (χ0v) is 16.3. The maximum Gasteiger partial charge on any atom is 0.138 e. The molecule has 0 radical (unpaired) electrons. The second-order valence-electron chi connectivity index (χ2n) is 6.48. The predicted molar refractivity (Wildman–Crippen MR) is 117 cm³/mol. The summed E-state index contributed by atoms with van der Waals surface area (Å²) in [5.41, 5.74) is 2.25. The molecule has 0 amide bonds. The van der Waals surface area contributed by atoms with E-state index in [0.717, 1.165) is 12.0 Å². The molecule has 2 N–H and O–H groups in total. The Morgan fingerprint density at radius 2 is 1.68 bits per heavy atom. The van der Waals surface area contributed by atoms with Gasteiger partial charge in [-0.15, -0.1) is 0 Å². The van der Waals surface area contributed by atoms with Gasteiger partial charge in [0, 0.05) is 22.3 Å². The first kappa shape index (κ1) is 20.7. The fraction of sp³-hybridized carbons (Fsp3) is 0.0385. The van der Waals surface area contributed by atoms with E-state index in [1.54, 1.807) is 30.4 Å². The first-order valence-corrected chi connectivity index (χ1v) is 9.17. The van der Waals surface area contributed by atoms with Gasteiger partial charge in [0.25, 0.3) is 0 Å². The number of nitrogens with zero attached hydrogens (tertiary/aromatic N) is 3. The van der Waals surface area contributed by atoms with E-state index in [9.17, 15) is 20.9 Å². The van der Waals surface area contributed by atoms with Crippen molar-refractivity contribution in [2.75, 3.05) is 0 Å². The van der Waals surface area contributed by atoms with Crippen molar-refractivity contribution in [1.29, 1.82) is 21.2 Å². The van der Waals surface area contributed by atoms with E-state index in [-0.39, 0.29) is 28.0 Å². The van der Waals surface area contributed by atoms with Crippen molar-refractivity contribution in [2.45, 2.75) is 6.42 Å². The number of nitriles is 3. The molecule has 0 aliphatic heterocycles. The van der Waals surface area contributed by atoms with E-state index in [1.807, 2.05) is 36.4 Å². The number of hydrogen-bond acceptors (Lipinski definition) is 5. The number of phenols is 1. The molecule has 5 nitrogen and oxygen atoms in total. The molecule has 2 aliphatic rings. The van der Waals surface area contributed by atoms with Crippen molar-refractivity contribution in [1.82, 2.24) is 0 Å². The number of allylic oxidation sites excluding steroid dienone is 13. The SMILES string of the molecule is N#CC(=C=N)C(=C1C=CC=C1)C(=C(C#N)C#N)c1cc(O)cc(C#CC2=CC=CC2)c1. The molecule has 0 bridgehead atoms. The van der Waals surface area contributed by atoms with Crippen LogP contribution in [-0.4, -0.2) is 11.0 Å². The van der Waals surface area contributed by atoms with Crippen molar-refractivity contribution in [3.63, 3.8) is 0 Å². The molecule has 144 valence electrons. The Labute approximate surface area is 180 Å². The molecule has 1 aromatic carbocycles. The fourth-order valence-corrected chi connectivity index (χ4v) is 3.17. The van der Waals surface area contributed by atoms with E-state index in [0.29, 0.717) is 16.7 Å². The monoisotopic (exact) mass is 398 g/mol. The molecule has 31 heavy (non-hydrogen) atoms. The van der Waals surface area contributed by atoms with Gasteiger partial charge in [-0.3, -0.25) is 5.41 Å². The lowest BCUT2D eigenvalue weighted by atomic mass is 9.86. The van der Waals surface area contributed by atoms with Gasteiger partial charge < -0.3 is 5.11 Å². The maximum absolute atomic E-state index is 10.3. The van der Waals surface area contributed by atoms with E-state index in [4.69, 9.17) is 5.41 Å². The van der Waals surface area contributed by atoms with E-state index >= 15 is 0 Å². The summed E-state index contributed by atoms with van der Waals surface area (Å²) in [4.78, 5) is 0.